The van der Waals surface area contributed by atoms with Crippen molar-refractivity contribution in [3.63, 3.8) is 0 Å². The molecule has 0 bridgehead atoms. The van der Waals surface area contributed by atoms with Crippen LogP contribution in [0.25, 0.3) is 0 Å². The van der Waals surface area contributed by atoms with Crippen LogP contribution in [0.1, 0.15) is 38.3 Å². The fraction of sp³-hybridized carbons (Fsp3) is 0.533. The zero-order valence-corrected chi connectivity index (χ0v) is 11.9. The van der Waals surface area contributed by atoms with Gasteiger partial charge < -0.3 is 4.74 Å². The van der Waals surface area contributed by atoms with E-state index >= 15 is 0 Å². The van der Waals surface area contributed by atoms with E-state index in [0.717, 1.165) is 18.6 Å². The Morgan fingerprint density at radius 2 is 1.70 bits per heavy atom. The molecule has 0 heterocycles. The number of halogens is 3. The van der Waals surface area contributed by atoms with Crippen molar-refractivity contribution in [1.82, 2.24) is 0 Å². The molecule has 112 valence electrons. The summed E-state index contributed by atoms with van der Waals surface area (Å²) in [5, 5.41) is 0. The number of hydrogen-bond acceptors (Lipinski definition) is 2. The van der Waals surface area contributed by atoms with Gasteiger partial charge in [-0.1, -0.05) is 32.9 Å². The molecule has 2 nitrogen and oxygen atoms in total. The highest BCUT2D eigenvalue weighted by molar-refractivity contribution is 5.72. The van der Waals surface area contributed by atoms with Crippen LogP contribution in [0.5, 0.6) is 0 Å². The van der Waals surface area contributed by atoms with Crippen molar-refractivity contribution in [1.29, 1.82) is 0 Å². The molecule has 0 spiro atoms. The zero-order chi connectivity index (χ0) is 15.4. The van der Waals surface area contributed by atoms with Crippen molar-refractivity contribution in [2.45, 2.75) is 39.8 Å². The fourth-order valence-electron chi connectivity index (χ4n) is 1.41. The molecular weight excluding hydrogens is 269 g/mol. The lowest BCUT2D eigenvalue weighted by atomic mass is 9.92. The van der Waals surface area contributed by atoms with Crippen molar-refractivity contribution in [3.8, 4) is 0 Å². The monoisotopic (exact) mass is 288 g/mol. The van der Waals surface area contributed by atoms with Crippen molar-refractivity contribution in [3.05, 3.63) is 35.4 Å². The second-order valence-electron chi connectivity index (χ2n) is 5.55. The molecule has 0 unspecified atom stereocenters. The Bertz CT molecular complexity index is 447. The summed E-state index contributed by atoms with van der Waals surface area (Å²) in [6, 6.07) is 4.54. The lowest BCUT2D eigenvalue weighted by Crippen LogP contribution is -2.21. The van der Waals surface area contributed by atoms with E-state index in [1.165, 1.54) is 12.1 Å². The highest BCUT2D eigenvalue weighted by atomic mass is 19.4. The molecule has 1 rings (SSSR count). The summed E-state index contributed by atoms with van der Waals surface area (Å²) in [5.74, 6) is -0.425. The molecule has 0 saturated carbocycles. The molecule has 0 amide bonds. The summed E-state index contributed by atoms with van der Waals surface area (Å²) in [5.41, 5.74) is -0.297. The molecule has 0 N–H and O–H groups in total. The predicted molar refractivity (Wildman–Crippen MR) is 70.2 cm³/mol. The van der Waals surface area contributed by atoms with Gasteiger partial charge in [-0.2, -0.15) is 13.2 Å². The number of benzene rings is 1. The highest BCUT2D eigenvalue weighted by Gasteiger charge is 2.30. The van der Waals surface area contributed by atoms with Crippen LogP contribution < -0.4 is 0 Å². The van der Waals surface area contributed by atoms with E-state index in [1.807, 2.05) is 20.8 Å². The van der Waals surface area contributed by atoms with Crippen LogP contribution in [0.3, 0.4) is 0 Å². The maximum absolute atomic E-state index is 12.4. The predicted octanol–water partition coefficient (Wildman–Crippen LogP) is 4.23. The van der Waals surface area contributed by atoms with Crippen LogP contribution in [0, 0.1) is 5.41 Å². The first-order valence-corrected chi connectivity index (χ1v) is 6.46. The van der Waals surface area contributed by atoms with Gasteiger partial charge in [0.25, 0.3) is 0 Å². The quantitative estimate of drug-likeness (QED) is 0.758. The van der Waals surface area contributed by atoms with E-state index < -0.39 is 17.7 Å². The third-order valence-corrected chi connectivity index (χ3v) is 3.21. The molecule has 1 aromatic carbocycles. The molecular formula is C15H19F3O2. The first kappa shape index (κ1) is 16.5. The van der Waals surface area contributed by atoms with Crippen molar-refractivity contribution >= 4 is 5.97 Å². The van der Waals surface area contributed by atoms with Gasteiger partial charge in [0.15, 0.2) is 0 Å². The van der Waals surface area contributed by atoms with Crippen molar-refractivity contribution in [2.24, 2.45) is 5.41 Å². The largest absolute Gasteiger partial charge is 0.465 e. The number of rotatable bonds is 5. The number of ether oxygens (including phenoxy) is 1. The van der Waals surface area contributed by atoms with Crippen LogP contribution >= 0.6 is 0 Å². The Morgan fingerprint density at radius 3 is 2.15 bits per heavy atom. The molecule has 0 aliphatic carbocycles. The normalized spacial score (nSPS) is 12.3. The van der Waals surface area contributed by atoms with E-state index in [1.54, 1.807) is 0 Å². The van der Waals surface area contributed by atoms with Crippen LogP contribution in [0.4, 0.5) is 13.2 Å². The second-order valence-corrected chi connectivity index (χ2v) is 5.55. The average Bonchev–Trinajstić information content (AvgIpc) is 2.36. The van der Waals surface area contributed by atoms with Crippen molar-refractivity contribution < 1.29 is 22.7 Å². The first-order chi connectivity index (χ1) is 9.14. The number of alkyl halides is 3. The molecule has 0 saturated heterocycles. The molecule has 20 heavy (non-hydrogen) atoms. The van der Waals surface area contributed by atoms with Crippen LogP contribution in [0.2, 0.25) is 0 Å². The Morgan fingerprint density at radius 1 is 1.15 bits per heavy atom. The van der Waals surface area contributed by atoms with Gasteiger partial charge in [0.1, 0.15) is 0 Å². The van der Waals surface area contributed by atoms with Crippen LogP contribution in [-0.2, 0) is 22.1 Å². The molecule has 5 heteroatoms. The number of carbonyl (C=O) groups excluding carboxylic acids is 1. The molecule has 1 aromatic rings. The van der Waals surface area contributed by atoms with E-state index in [2.05, 4.69) is 0 Å². The minimum absolute atomic E-state index is 0.0159. The van der Waals surface area contributed by atoms with Crippen LogP contribution in [-0.4, -0.2) is 12.6 Å². The zero-order valence-electron chi connectivity index (χ0n) is 11.9. The summed E-state index contributed by atoms with van der Waals surface area (Å²) in [6.45, 7) is 6.28. The van der Waals surface area contributed by atoms with Gasteiger partial charge in [-0.15, -0.1) is 0 Å². The molecule has 0 atom stereocenters. The van der Waals surface area contributed by atoms with Gasteiger partial charge >= 0.3 is 12.1 Å². The standard InChI is InChI=1S/C15H19F3O2/c1-4-14(2,3)10-20-13(19)9-11-5-7-12(8-6-11)15(16,17)18/h5-8H,4,9-10H2,1-3H3. The van der Waals surface area contributed by atoms with E-state index in [0.29, 0.717) is 12.2 Å². The summed E-state index contributed by atoms with van der Waals surface area (Å²) >= 11 is 0. The Hall–Kier alpha value is -1.52. The van der Waals surface area contributed by atoms with E-state index in [-0.39, 0.29) is 11.8 Å². The summed E-state index contributed by atoms with van der Waals surface area (Å²) in [4.78, 5) is 11.6. The number of carbonyl (C=O) groups is 1. The lowest BCUT2D eigenvalue weighted by molar-refractivity contribution is -0.145. The Labute approximate surface area is 116 Å². The minimum Gasteiger partial charge on any atom is -0.465 e. The first-order valence-electron chi connectivity index (χ1n) is 6.46. The highest BCUT2D eigenvalue weighted by Crippen LogP contribution is 2.29. The second kappa shape index (κ2) is 6.29. The third kappa shape index (κ3) is 5.23. The minimum atomic E-state index is -4.36. The summed E-state index contributed by atoms with van der Waals surface area (Å²) in [6.07, 6.45) is -3.50. The smallest absolute Gasteiger partial charge is 0.416 e. The number of hydrogen-bond donors (Lipinski definition) is 0. The van der Waals surface area contributed by atoms with Gasteiger partial charge in [0.05, 0.1) is 18.6 Å². The maximum Gasteiger partial charge on any atom is 0.416 e. The van der Waals surface area contributed by atoms with Crippen LogP contribution in [0.15, 0.2) is 24.3 Å². The molecule has 0 aliphatic heterocycles. The third-order valence-electron chi connectivity index (χ3n) is 3.21. The Balaban J connectivity index is 2.55. The lowest BCUT2D eigenvalue weighted by Gasteiger charge is -2.21. The van der Waals surface area contributed by atoms with E-state index in [4.69, 9.17) is 4.74 Å². The van der Waals surface area contributed by atoms with E-state index in [9.17, 15) is 18.0 Å². The summed E-state index contributed by atoms with van der Waals surface area (Å²) < 4.78 is 42.3. The van der Waals surface area contributed by atoms with Gasteiger partial charge in [0, 0.05) is 0 Å². The average molecular weight is 288 g/mol. The molecule has 0 aliphatic rings. The molecule has 0 radical (unpaired) electrons. The summed E-state index contributed by atoms with van der Waals surface area (Å²) in [7, 11) is 0. The fourth-order valence-corrected chi connectivity index (χ4v) is 1.41. The molecule has 0 fully saturated rings. The maximum atomic E-state index is 12.4. The van der Waals surface area contributed by atoms with Gasteiger partial charge in [-0.05, 0) is 29.5 Å². The van der Waals surface area contributed by atoms with Gasteiger partial charge in [0.2, 0.25) is 0 Å². The molecule has 0 aromatic heterocycles. The van der Waals surface area contributed by atoms with Crippen molar-refractivity contribution in [2.75, 3.05) is 6.61 Å². The SMILES string of the molecule is CCC(C)(C)COC(=O)Cc1ccc(C(F)(F)F)cc1. The van der Waals surface area contributed by atoms with Gasteiger partial charge in [-0.3, -0.25) is 4.79 Å². The van der Waals surface area contributed by atoms with Gasteiger partial charge in [-0.25, -0.2) is 0 Å². The topological polar surface area (TPSA) is 26.3 Å². The number of esters is 1. The Kier molecular flexibility index (Phi) is 5.20.